The Morgan fingerprint density at radius 2 is 2.31 bits per heavy atom. The van der Waals surface area contributed by atoms with Gasteiger partial charge in [-0.05, 0) is 48.2 Å². The number of aromatic nitrogens is 1. The van der Waals surface area contributed by atoms with Gasteiger partial charge in [-0.3, -0.25) is 0 Å². The van der Waals surface area contributed by atoms with E-state index in [1.165, 1.54) is 6.07 Å². The average Bonchev–Trinajstić information content (AvgIpc) is 2.60. The van der Waals surface area contributed by atoms with Crippen molar-refractivity contribution in [2.75, 3.05) is 4.90 Å². The summed E-state index contributed by atoms with van der Waals surface area (Å²) in [6.07, 6.45) is 4.96. The third-order valence-corrected chi connectivity index (χ3v) is 3.72. The van der Waals surface area contributed by atoms with E-state index < -0.39 is 0 Å². The van der Waals surface area contributed by atoms with Crippen molar-refractivity contribution in [3.8, 4) is 0 Å². The van der Waals surface area contributed by atoms with Gasteiger partial charge in [0.05, 0.1) is 0 Å². The highest BCUT2D eigenvalue weighted by atomic mass is 79.9. The molecule has 2 heterocycles. The second-order valence-electron chi connectivity index (χ2n) is 4.35. The molecule has 1 fully saturated rings. The maximum atomic E-state index is 13.9. The first kappa shape index (κ1) is 11.8. The Bertz CT molecular complexity index is 383. The van der Waals surface area contributed by atoms with Gasteiger partial charge in [-0.1, -0.05) is 6.92 Å². The molecule has 0 amide bonds. The highest BCUT2D eigenvalue weighted by molar-refractivity contribution is 9.10. The van der Waals surface area contributed by atoms with Gasteiger partial charge < -0.3 is 4.90 Å². The quantitative estimate of drug-likeness (QED) is 0.823. The molecule has 2 atom stereocenters. The topological polar surface area (TPSA) is 16.1 Å². The predicted octanol–water partition coefficient (Wildman–Crippen LogP) is 3.75. The number of rotatable bonds is 2. The molecule has 1 aliphatic heterocycles. The third kappa shape index (κ3) is 2.08. The molecule has 2 rings (SSSR count). The smallest absolute Gasteiger partial charge is 0.166 e. The van der Waals surface area contributed by atoms with Crippen LogP contribution in [0.5, 0.6) is 0 Å². The lowest BCUT2D eigenvalue weighted by molar-refractivity contribution is 0.571. The number of hydrogen-bond donors (Lipinski definition) is 0. The van der Waals surface area contributed by atoms with Gasteiger partial charge in [0.2, 0.25) is 0 Å². The van der Waals surface area contributed by atoms with Crippen LogP contribution in [0.25, 0.3) is 0 Å². The Labute approximate surface area is 104 Å². The van der Waals surface area contributed by atoms with Crippen molar-refractivity contribution in [2.45, 2.75) is 45.2 Å². The SMILES string of the molecule is CCC1CCC(C)N1c1ncc(Br)cc1F. The Balaban J connectivity index is 2.34. The number of halogens is 2. The fraction of sp³-hybridized carbons (Fsp3) is 0.583. The zero-order chi connectivity index (χ0) is 11.7. The largest absolute Gasteiger partial charge is 0.349 e. The van der Waals surface area contributed by atoms with Crippen molar-refractivity contribution in [3.63, 3.8) is 0 Å². The normalized spacial score (nSPS) is 25.1. The van der Waals surface area contributed by atoms with Gasteiger partial charge in [0.1, 0.15) is 0 Å². The summed E-state index contributed by atoms with van der Waals surface area (Å²) >= 11 is 3.23. The second-order valence-corrected chi connectivity index (χ2v) is 5.27. The first-order valence-electron chi connectivity index (χ1n) is 5.73. The number of hydrogen-bond acceptors (Lipinski definition) is 2. The van der Waals surface area contributed by atoms with Crippen molar-refractivity contribution in [3.05, 3.63) is 22.6 Å². The van der Waals surface area contributed by atoms with Crippen molar-refractivity contribution in [1.29, 1.82) is 0 Å². The fourth-order valence-electron chi connectivity index (χ4n) is 2.45. The minimum Gasteiger partial charge on any atom is -0.349 e. The van der Waals surface area contributed by atoms with Crippen molar-refractivity contribution in [2.24, 2.45) is 0 Å². The standard InChI is InChI=1S/C12H16BrFN2/c1-3-10-5-4-8(2)16(10)12-11(14)6-9(13)7-15-12/h6-8,10H,3-5H2,1-2H3. The molecule has 88 valence electrons. The summed E-state index contributed by atoms with van der Waals surface area (Å²) in [7, 11) is 0. The Morgan fingerprint density at radius 3 is 2.94 bits per heavy atom. The lowest BCUT2D eigenvalue weighted by atomic mass is 10.1. The van der Waals surface area contributed by atoms with Gasteiger partial charge in [0.25, 0.3) is 0 Å². The van der Waals surface area contributed by atoms with E-state index in [9.17, 15) is 4.39 Å². The van der Waals surface area contributed by atoms with Crippen LogP contribution in [-0.2, 0) is 0 Å². The average molecular weight is 287 g/mol. The summed E-state index contributed by atoms with van der Waals surface area (Å²) in [5.41, 5.74) is 0. The van der Waals surface area contributed by atoms with Crippen LogP contribution in [0.15, 0.2) is 16.7 Å². The van der Waals surface area contributed by atoms with Gasteiger partial charge in [0.15, 0.2) is 11.6 Å². The molecule has 2 unspecified atom stereocenters. The molecular formula is C12H16BrFN2. The minimum atomic E-state index is -0.235. The van der Waals surface area contributed by atoms with Crippen LogP contribution in [0, 0.1) is 5.82 Å². The van der Waals surface area contributed by atoms with Crippen LogP contribution in [-0.4, -0.2) is 17.1 Å². The van der Waals surface area contributed by atoms with Gasteiger partial charge in [-0.25, -0.2) is 9.37 Å². The molecular weight excluding hydrogens is 271 g/mol. The van der Waals surface area contributed by atoms with E-state index in [-0.39, 0.29) is 5.82 Å². The number of nitrogens with zero attached hydrogens (tertiary/aromatic N) is 2. The molecule has 0 radical (unpaired) electrons. The van der Waals surface area contributed by atoms with E-state index in [1.54, 1.807) is 6.20 Å². The Hall–Kier alpha value is -0.640. The van der Waals surface area contributed by atoms with Crippen LogP contribution in [0.2, 0.25) is 0 Å². The molecule has 0 aromatic carbocycles. The summed E-state index contributed by atoms with van der Waals surface area (Å²) in [5, 5.41) is 0. The summed E-state index contributed by atoms with van der Waals surface area (Å²) in [4.78, 5) is 6.34. The molecule has 0 bridgehead atoms. The molecule has 2 nitrogen and oxygen atoms in total. The van der Waals surface area contributed by atoms with Crippen LogP contribution < -0.4 is 4.90 Å². The van der Waals surface area contributed by atoms with Crippen molar-refractivity contribution in [1.82, 2.24) is 4.98 Å². The fourth-order valence-corrected chi connectivity index (χ4v) is 2.75. The molecule has 1 aromatic rings. The van der Waals surface area contributed by atoms with E-state index in [0.29, 0.717) is 22.4 Å². The van der Waals surface area contributed by atoms with Crippen LogP contribution in [0.1, 0.15) is 33.1 Å². The molecule has 0 saturated carbocycles. The zero-order valence-corrected chi connectivity index (χ0v) is 11.2. The number of pyridine rings is 1. The Morgan fingerprint density at radius 1 is 1.56 bits per heavy atom. The van der Waals surface area contributed by atoms with Gasteiger partial charge in [-0.2, -0.15) is 0 Å². The van der Waals surface area contributed by atoms with Gasteiger partial charge in [0, 0.05) is 22.8 Å². The lowest BCUT2D eigenvalue weighted by Crippen LogP contribution is -2.35. The first-order valence-corrected chi connectivity index (χ1v) is 6.52. The van der Waals surface area contributed by atoms with Crippen LogP contribution in [0.3, 0.4) is 0 Å². The Kier molecular flexibility index (Phi) is 3.47. The summed E-state index contributed by atoms with van der Waals surface area (Å²) < 4.78 is 14.5. The van der Waals surface area contributed by atoms with E-state index in [4.69, 9.17) is 0 Å². The molecule has 16 heavy (non-hydrogen) atoms. The van der Waals surface area contributed by atoms with E-state index in [2.05, 4.69) is 39.7 Å². The van der Waals surface area contributed by atoms with E-state index in [1.807, 2.05) is 0 Å². The van der Waals surface area contributed by atoms with Crippen LogP contribution in [0.4, 0.5) is 10.2 Å². The molecule has 0 spiro atoms. The van der Waals surface area contributed by atoms with E-state index >= 15 is 0 Å². The van der Waals surface area contributed by atoms with Crippen LogP contribution >= 0.6 is 15.9 Å². The maximum Gasteiger partial charge on any atom is 0.166 e. The van der Waals surface area contributed by atoms with Gasteiger partial charge >= 0.3 is 0 Å². The molecule has 1 saturated heterocycles. The zero-order valence-electron chi connectivity index (χ0n) is 9.58. The summed E-state index contributed by atoms with van der Waals surface area (Å²) in [6.45, 7) is 4.28. The molecule has 1 aromatic heterocycles. The lowest BCUT2D eigenvalue weighted by Gasteiger charge is -2.29. The first-order chi connectivity index (χ1) is 7.63. The minimum absolute atomic E-state index is 0.235. The molecule has 4 heteroatoms. The summed E-state index contributed by atoms with van der Waals surface area (Å²) in [6, 6.07) is 2.30. The predicted molar refractivity (Wildman–Crippen MR) is 67.1 cm³/mol. The maximum absolute atomic E-state index is 13.9. The second kappa shape index (κ2) is 4.70. The highest BCUT2D eigenvalue weighted by Crippen LogP contribution is 2.32. The monoisotopic (exact) mass is 286 g/mol. The molecule has 1 aliphatic rings. The molecule has 0 aliphatic carbocycles. The van der Waals surface area contributed by atoms with Crippen molar-refractivity contribution >= 4 is 21.7 Å². The molecule has 0 N–H and O–H groups in total. The number of anilines is 1. The highest BCUT2D eigenvalue weighted by Gasteiger charge is 2.31. The van der Waals surface area contributed by atoms with Gasteiger partial charge in [-0.15, -0.1) is 0 Å². The third-order valence-electron chi connectivity index (χ3n) is 3.29. The van der Waals surface area contributed by atoms with Crippen molar-refractivity contribution < 1.29 is 4.39 Å². The van der Waals surface area contributed by atoms with E-state index in [0.717, 1.165) is 19.3 Å². The summed E-state index contributed by atoms with van der Waals surface area (Å²) in [5.74, 6) is 0.265.